The molecule has 1 heterocycles. The first-order valence-corrected chi connectivity index (χ1v) is 7.86. The molecule has 0 saturated carbocycles. The van der Waals surface area contributed by atoms with Gasteiger partial charge >= 0.3 is 12.0 Å². The monoisotopic (exact) mass is 334 g/mol. The van der Waals surface area contributed by atoms with Crippen LogP contribution in [-0.4, -0.2) is 47.5 Å². The number of carbonyl (C=O) groups excluding carboxylic acids is 2. The van der Waals surface area contributed by atoms with E-state index in [1.165, 1.54) is 0 Å². The number of rotatable bonds is 5. The van der Waals surface area contributed by atoms with Crippen molar-refractivity contribution in [3.63, 3.8) is 0 Å². The van der Waals surface area contributed by atoms with Crippen LogP contribution in [0.25, 0.3) is 0 Å². The Kier molecular flexibility index (Phi) is 6.00. The SMILES string of the molecule is CCN1Cc2cc(CNC(=O)NCC(=O)O)ccc2NCCC1=O. The summed E-state index contributed by atoms with van der Waals surface area (Å²) in [4.78, 5) is 35.7. The van der Waals surface area contributed by atoms with E-state index in [4.69, 9.17) is 5.11 Å². The van der Waals surface area contributed by atoms with Crippen molar-refractivity contribution in [1.29, 1.82) is 0 Å². The molecule has 0 unspecified atom stereocenters. The van der Waals surface area contributed by atoms with Gasteiger partial charge in [-0.25, -0.2) is 4.79 Å². The zero-order valence-electron chi connectivity index (χ0n) is 13.6. The Hall–Kier alpha value is -2.77. The molecular weight excluding hydrogens is 312 g/mol. The number of carbonyl (C=O) groups is 3. The molecule has 8 heteroatoms. The van der Waals surface area contributed by atoms with E-state index >= 15 is 0 Å². The Morgan fingerprint density at radius 1 is 1.33 bits per heavy atom. The highest BCUT2D eigenvalue weighted by Crippen LogP contribution is 2.22. The molecular formula is C16H22N4O4. The highest BCUT2D eigenvalue weighted by atomic mass is 16.4. The molecule has 1 aromatic carbocycles. The molecule has 0 fully saturated rings. The second-order valence-corrected chi connectivity index (χ2v) is 5.51. The molecule has 130 valence electrons. The predicted octanol–water partition coefficient (Wildman–Crippen LogP) is 0.734. The fourth-order valence-corrected chi connectivity index (χ4v) is 2.51. The molecule has 0 aliphatic carbocycles. The predicted molar refractivity (Wildman–Crippen MR) is 88.5 cm³/mol. The number of hydrogen-bond donors (Lipinski definition) is 4. The first kappa shape index (κ1) is 17.6. The fourth-order valence-electron chi connectivity index (χ4n) is 2.51. The van der Waals surface area contributed by atoms with Gasteiger partial charge in [-0.05, 0) is 24.1 Å². The lowest BCUT2D eigenvalue weighted by Gasteiger charge is -2.26. The van der Waals surface area contributed by atoms with Crippen LogP contribution in [0.3, 0.4) is 0 Å². The number of aliphatic carboxylic acids is 1. The van der Waals surface area contributed by atoms with E-state index in [9.17, 15) is 14.4 Å². The second kappa shape index (κ2) is 8.19. The summed E-state index contributed by atoms with van der Waals surface area (Å²) >= 11 is 0. The van der Waals surface area contributed by atoms with Gasteiger partial charge < -0.3 is 26.0 Å². The summed E-state index contributed by atoms with van der Waals surface area (Å²) < 4.78 is 0. The molecule has 0 radical (unpaired) electrons. The van der Waals surface area contributed by atoms with Gasteiger partial charge in [0, 0.05) is 38.3 Å². The maximum atomic E-state index is 12.0. The number of carboxylic acid groups (broad SMARTS) is 1. The van der Waals surface area contributed by atoms with E-state index in [2.05, 4.69) is 16.0 Å². The summed E-state index contributed by atoms with van der Waals surface area (Å²) in [5.74, 6) is -0.978. The molecule has 3 amide bonds. The summed E-state index contributed by atoms with van der Waals surface area (Å²) in [6, 6.07) is 5.24. The van der Waals surface area contributed by atoms with E-state index in [1.807, 2.05) is 25.1 Å². The lowest BCUT2D eigenvalue weighted by atomic mass is 10.1. The van der Waals surface area contributed by atoms with Crippen LogP contribution >= 0.6 is 0 Å². The van der Waals surface area contributed by atoms with Crippen molar-refractivity contribution in [3.05, 3.63) is 29.3 Å². The maximum Gasteiger partial charge on any atom is 0.323 e. The van der Waals surface area contributed by atoms with E-state index in [1.54, 1.807) is 4.90 Å². The molecule has 0 spiro atoms. The van der Waals surface area contributed by atoms with Gasteiger partial charge in [-0.3, -0.25) is 9.59 Å². The number of hydrogen-bond acceptors (Lipinski definition) is 4. The minimum Gasteiger partial charge on any atom is -0.480 e. The molecule has 1 aliphatic heterocycles. The van der Waals surface area contributed by atoms with Gasteiger partial charge in [0.2, 0.25) is 5.91 Å². The third-order valence-corrected chi connectivity index (χ3v) is 3.77. The van der Waals surface area contributed by atoms with Gasteiger partial charge in [-0.2, -0.15) is 0 Å². The van der Waals surface area contributed by atoms with E-state index in [0.29, 0.717) is 26.1 Å². The van der Waals surface area contributed by atoms with Crippen molar-refractivity contribution in [2.24, 2.45) is 0 Å². The number of nitrogens with zero attached hydrogens (tertiary/aromatic N) is 1. The second-order valence-electron chi connectivity index (χ2n) is 5.51. The number of fused-ring (bicyclic) bond motifs is 1. The molecule has 8 nitrogen and oxygen atoms in total. The number of benzene rings is 1. The summed E-state index contributed by atoms with van der Waals surface area (Å²) in [5, 5.41) is 16.6. The van der Waals surface area contributed by atoms with E-state index < -0.39 is 18.5 Å². The largest absolute Gasteiger partial charge is 0.480 e. The van der Waals surface area contributed by atoms with Crippen LogP contribution in [0.2, 0.25) is 0 Å². The Morgan fingerprint density at radius 3 is 2.83 bits per heavy atom. The summed E-state index contributed by atoms with van der Waals surface area (Å²) in [6.07, 6.45) is 0.473. The van der Waals surface area contributed by atoms with Crippen molar-refractivity contribution >= 4 is 23.6 Å². The first-order valence-electron chi connectivity index (χ1n) is 7.86. The van der Waals surface area contributed by atoms with Crippen LogP contribution in [-0.2, 0) is 22.7 Å². The molecule has 1 aromatic rings. The molecule has 0 atom stereocenters. The standard InChI is InChI=1S/C16H22N4O4/c1-2-20-10-12-7-11(8-18-16(24)19-9-15(22)23)3-4-13(12)17-6-5-14(20)21/h3-4,7,17H,2,5-6,8-10H2,1H3,(H,22,23)(H2,18,19,24). The van der Waals surface area contributed by atoms with Crippen molar-refractivity contribution < 1.29 is 19.5 Å². The zero-order valence-corrected chi connectivity index (χ0v) is 13.6. The van der Waals surface area contributed by atoms with Crippen molar-refractivity contribution in [1.82, 2.24) is 15.5 Å². The van der Waals surface area contributed by atoms with Crippen LogP contribution in [0, 0.1) is 0 Å². The number of anilines is 1. The van der Waals surface area contributed by atoms with Crippen molar-refractivity contribution in [3.8, 4) is 0 Å². The zero-order chi connectivity index (χ0) is 17.5. The molecule has 4 N–H and O–H groups in total. The van der Waals surface area contributed by atoms with Crippen LogP contribution in [0.1, 0.15) is 24.5 Å². The molecule has 0 saturated heterocycles. The van der Waals surface area contributed by atoms with Gasteiger partial charge in [0.1, 0.15) is 6.54 Å². The van der Waals surface area contributed by atoms with Crippen LogP contribution in [0.4, 0.5) is 10.5 Å². The topological polar surface area (TPSA) is 111 Å². The average molecular weight is 334 g/mol. The number of carboxylic acids is 1. The number of urea groups is 1. The van der Waals surface area contributed by atoms with Gasteiger partial charge in [0.05, 0.1) is 0 Å². The average Bonchev–Trinajstić information content (AvgIpc) is 2.55. The van der Waals surface area contributed by atoms with Crippen molar-refractivity contribution in [2.75, 3.05) is 25.0 Å². The third-order valence-electron chi connectivity index (χ3n) is 3.77. The summed E-state index contributed by atoms with van der Waals surface area (Å²) in [5.41, 5.74) is 2.86. The molecule has 24 heavy (non-hydrogen) atoms. The highest BCUT2D eigenvalue weighted by molar-refractivity contribution is 5.80. The summed E-state index contributed by atoms with van der Waals surface area (Å²) in [7, 11) is 0. The van der Waals surface area contributed by atoms with Crippen LogP contribution in [0.15, 0.2) is 18.2 Å². The van der Waals surface area contributed by atoms with Crippen LogP contribution < -0.4 is 16.0 Å². The lowest BCUT2D eigenvalue weighted by molar-refractivity contribution is -0.135. The molecule has 2 rings (SSSR count). The third kappa shape index (κ3) is 4.87. The van der Waals surface area contributed by atoms with Crippen LogP contribution in [0.5, 0.6) is 0 Å². The Bertz CT molecular complexity index is 633. The smallest absolute Gasteiger partial charge is 0.323 e. The molecule has 1 aliphatic rings. The van der Waals surface area contributed by atoms with Crippen molar-refractivity contribution in [2.45, 2.75) is 26.4 Å². The quantitative estimate of drug-likeness (QED) is 0.634. The maximum absolute atomic E-state index is 12.0. The van der Waals surface area contributed by atoms with E-state index in [-0.39, 0.29) is 12.5 Å². The van der Waals surface area contributed by atoms with Gasteiger partial charge in [0.25, 0.3) is 0 Å². The van der Waals surface area contributed by atoms with Gasteiger partial charge in [-0.1, -0.05) is 12.1 Å². The Balaban J connectivity index is 2.02. The summed E-state index contributed by atoms with van der Waals surface area (Å²) in [6.45, 7) is 3.57. The lowest BCUT2D eigenvalue weighted by Crippen LogP contribution is -2.38. The van der Waals surface area contributed by atoms with E-state index in [0.717, 1.165) is 16.8 Å². The molecule has 0 bridgehead atoms. The minimum atomic E-state index is -1.10. The Labute approximate surface area is 140 Å². The Morgan fingerprint density at radius 2 is 2.12 bits per heavy atom. The number of amides is 3. The highest BCUT2D eigenvalue weighted by Gasteiger charge is 2.17. The van der Waals surface area contributed by atoms with Gasteiger partial charge in [0.15, 0.2) is 0 Å². The van der Waals surface area contributed by atoms with Gasteiger partial charge in [-0.15, -0.1) is 0 Å². The minimum absolute atomic E-state index is 0.118. The number of nitrogens with one attached hydrogen (secondary N) is 3. The fraction of sp³-hybridized carbons (Fsp3) is 0.438. The first-order chi connectivity index (χ1) is 11.5. The molecule has 0 aromatic heterocycles. The normalized spacial score (nSPS) is 14.0.